The van der Waals surface area contributed by atoms with Gasteiger partial charge in [-0.2, -0.15) is 0 Å². The Labute approximate surface area is 110 Å². The Hall–Kier alpha value is -0.280. The summed E-state index contributed by atoms with van der Waals surface area (Å²) in [5.41, 5.74) is 5.72. The summed E-state index contributed by atoms with van der Waals surface area (Å²) in [6.45, 7) is 2.23. The number of piperidine rings is 1. The first-order chi connectivity index (χ1) is 7.73. The lowest BCUT2D eigenvalue weighted by atomic mass is 9.61. The van der Waals surface area contributed by atoms with Gasteiger partial charge in [-0.05, 0) is 50.1 Å². The molecule has 4 heteroatoms. The van der Waals surface area contributed by atoms with Gasteiger partial charge in [-0.1, -0.05) is 19.3 Å². The van der Waals surface area contributed by atoms with Crippen LogP contribution in [0.2, 0.25) is 0 Å². The average Bonchev–Trinajstić information content (AvgIpc) is 2.30. The predicted molar refractivity (Wildman–Crippen MR) is 72.2 cm³/mol. The fraction of sp³-hybridized carbons (Fsp3) is 0.923. The highest BCUT2D eigenvalue weighted by Gasteiger charge is 2.40. The molecule has 3 nitrogen and oxygen atoms in total. The van der Waals surface area contributed by atoms with Crippen LogP contribution < -0.4 is 11.1 Å². The average molecular weight is 261 g/mol. The van der Waals surface area contributed by atoms with Crippen LogP contribution in [0.15, 0.2) is 0 Å². The molecule has 0 spiro atoms. The highest BCUT2D eigenvalue weighted by atomic mass is 35.5. The first-order valence-corrected chi connectivity index (χ1v) is 6.72. The highest BCUT2D eigenvalue weighted by Crippen LogP contribution is 2.48. The monoisotopic (exact) mass is 260 g/mol. The molecule has 0 atom stereocenters. The van der Waals surface area contributed by atoms with Crippen LogP contribution in [-0.4, -0.2) is 19.0 Å². The molecular weight excluding hydrogens is 236 g/mol. The van der Waals surface area contributed by atoms with Crippen molar-refractivity contribution in [1.29, 1.82) is 0 Å². The van der Waals surface area contributed by atoms with E-state index in [1.165, 1.54) is 44.9 Å². The molecule has 1 saturated carbocycles. The van der Waals surface area contributed by atoms with Gasteiger partial charge in [-0.25, -0.2) is 0 Å². The van der Waals surface area contributed by atoms with Crippen LogP contribution in [0.4, 0.5) is 0 Å². The normalized spacial score (nSPS) is 24.9. The number of hydrogen-bond acceptors (Lipinski definition) is 2. The minimum atomic E-state index is -0.0968. The quantitative estimate of drug-likeness (QED) is 0.818. The van der Waals surface area contributed by atoms with Crippen molar-refractivity contribution in [2.24, 2.45) is 17.1 Å². The standard InChI is InChI=1S/C13H24N2O.ClH/c14-12(16)10-13(6-2-1-3-7-13)11-4-8-15-9-5-11;/h11,15H,1-10H2,(H2,14,16);1H. The van der Waals surface area contributed by atoms with Gasteiger partial charge in [0.25, 0.3) is 0 Å². The van der Waals surface area contributed by atoms with Crippen LogP contribution in [0.1, 0.15) is 51.4 Å². The van der Waals surface area contributed by atoms with Crippen LogP contribution >= 0.6 is 12.4 Å². The Kier molecular flexibility index (Phi) is 5.74. The van der Waals surface area contributed by atoms with E-state index in [4.69, 9.17) is 5.73 Å². The van der Waals surface area contributed by atoms with Gasteiger partial charge in [0.1, 0.15) is 0 Å². The second-order valence-electron chi connectivity index (χ2n) is 5.59. The van der Waals surface area contributed by atoms with Gasteiger partial charge < -0.3 is 11.1 Å². The third-order valence-electron chi connectivity index (χ3n) is 4.58. The zero-order chi connectivity index (χ0) is 11.4. The Morgan fingerprint density at radius 3 is 2.29 bits per heavy atom. The SMILES string of the molecule is Cl.NC(=O)CC1(C2CCNCC2)CCCCC1. The van der Waals surface area contributed by atoms with Gasteiger partial charge in [0.2, 0.25) is 5.91 Å². The predicted octanol–water partition coefficient (Wildman–Crippen LogP) is 2.23. The molecule has 0 aromatic rings. The summed E-state index contributed by atoms with van der Waals surface area (Å²) < 4.78 is 0. The number of carbonyl (C=O) groups is 1. The van der Waals surface area contributed by atoms with E-state index in [9.17, 15) is 4.79 Å². The van der Waals surface area contributed by atoms with E-state index in [0.29, 0.717) is 6.42 Å². The lowest BCUT2D eigenvalue weighted by molar-refractivity contribution is -0.122. The van der Waals surface area contributed by atoms with E-state index in [2.05, 4.69) is 5.32 Å². The van der Waals surface area contributed by atoms with Gasteiger partial charge in [0, 0.05) is 6.42 Å². The van der Waals surface area contributed by atoms with Crippen LogP contribution in [0.5, 0.6) is 0 Å². The summed E-state index contributed by atoms with van der Waals surface area (Å²) in [6, 6.07) is 0. The van der Waals surface area contributed by atoms with Crippen molar-refractivity contribution >= 4 is 18.3 Å². The molecule has 100 valence electrons. The summed E-state index contributed by atoms with van der Waals surface area (Å²) in [5.74, 6) is 0.627. The molecule has 1 aliphatic carbocycles. The summed E-state index contributed by atoms with van der Waals surface area (Å²) in [5, 5.41) is 3.41. The van der Waals surface area contributed by atoms with Crippen molar-refractivity contribution in [3.05, 3.63) is 0 Å². The zero-order valence-electron chi connectivity index (χ0n) is 10.5. The summed E-state index contributed by atoms with van der Waals surface area (Å²) in [6.07, 6.45) is 9.44. The molecule has 1 aliphatic heterocycles. The number of halogens is 1. The molecule has 2 rings (SSSR count). The molecule has 1 saturated heterocycles. The van der Waals surface area contributed by atoms with Crippen molar-refractivity contribution in [2.75, 3.05) is 13.1 Å². The smallest absolute Gasteiger partial charge is 0.217 e. The van der Waals surface area contributed by atoms with Crippen molar-refractivity contribution in [2.45, 2.75) is 51.4 Å². The van der Waals surface area contributed by atoms with E-state index < -0.39 is 0 Å². The molecule has 1 amide bonds. The molecule has 0 bridgehead atoms. The maximum Gasteiger partial charge on any atom is 0.217 e. The third-order valence-corrected chi connectivity index (χ3v) is 4.58. The third kappa shape index (κ3) is 3.59. The fourth-order valence-electron chi connectivity index (χ4n) is 3.77. The number of primary amides is 1. The van der Waals surface area contributed by atoms with Crippen LogP contribution in [0.25, 0.3) is 0 Å². The minimum Gasteiger partial charge on any atom is -0.370 e. The van der Waals surface area contributed by atoms with Gasteiger partial charge >= 0.3 is 0 Å². The second kappa shape index (κ2) is 6.60. The van der Waals surface area contributed by atoms with Crippen LogP contribution in [-0.2, 0) is 4.79 Å². The summed E-state index contributed by atoms with van der Waals surface area (Å²) in [7, 11) is 0. The van der Waals surface area contributed by atoms with E-state index in [0.717, 1.165) is 19.0 Å². The van der Waals surface area contributed by atoms with Crippen LogP contribution in [0, 0.1) is 11.3 Å². The van der Waals surface area contributed by atoms with E-state index in [-0.39, 0.29) is 23.7 Å². The van der Waals surface area contributed by atoms with E-state index in [1.54, 1.807) is 0 Å². The number of nitrogens with two attached hydrogens (primary N) is 1. The molecular formula is C13H25ClN2O. The van der Waals surface area contributed by atoms with Crippen molar-refractivity contribution in [3.8, 4) is 0 Å². The topological polar surface area (TPSA) is 55.1 Å². The first-order valence-electron chi connectivity index (χ1n) is 6.72. The molecule has 3 N–H and O–H groups in total. The number of rotatable bonds is 3. The Morgan fingerprint density at radius 2 is 1.76 bits per heavy atom. The molecule has 2 aliphatic rings. The second-order valence-corrected chi connectivity index (χ2v) is 5.59. The van der Waals surface area contributed by atoms with Gasteiger partial charge in [0.15, 0.2) is 0 Å². The highest BCUT2D eigenvalue weighted by molar-refractivity contribution is 5.85. The molecule has 0 aromatic heterocycles. The minimum absolute atomic E-state index is 0. The first kappa shape index (κ1) is 14.8. The number of carbonyl (C=O) groups excluding carboxylic acids is 1. The Bertz CT molecular complexity index is 246. The molecule has 17 heavy (non-hydrogen) atoms. The lowest BCUT2D eigenvalue weighted by Crippen LogP contribution is -2.42. The summed E-state index contributed by atoms with van der Waals surface area (Å²) >= 11 is 0. The summed E-state index contributed by atoms with van der Waals surface area (Å²) in [4.78, 5) is 11.3. The van der Waals surface area contributed by atoms with Crippen molar-refractivity contribution < 1.29 is 4.79 Å². The number of hydrogen-bond donors (Lipinski definition) is 2. The number of amides is 1. The van der Waals surface area contributed by atoms with Crippen molar-refractivity contribution in [1.82, 2.24) is 5.32 Å². The maximum atomic E-state index is 11.3. The molecule has 0 aromatic carbocycles. The molecule has 0 radical (unpaired) electrons. The molecule has 0 unspecified atom stereocenters. The van der Waals surface area contributed by atoms with Crippen molar-refractivity contribution in [3.63, 3.8) is 0 Å². The van der Waals surface area contributed by atoms with E-state index in [1.807, 2.05) is 0 Å². The lowest BCUT2D eigenvalue weighted by Gasteiger charge is -2.45. The zero-order valence-corrected chi connectivity index (χ0v) is 11.4. The van der Waals surface area contributed by atoms with E-state index >= 15 is 0 Å². The number of nitrogens with one attached hydrogen (secondary N) is 1. The molecule has 1 heterocycles. The largest absolute Gasteiger partial charge is 0.370 e. The fourth-order valence-corrected chi connectivity index (χ4v) is 3.77. The maximum absolute atomic E-state index is 11.3. The molecule has 2 fully saturated rings. The van der Waals surface area contributed by atoms with Gasteiger partial charge in [-0.15, -0.1) is 12.4 Å². The van der Waals surface area contributed by atoms with Gasteiger partial charge in [0.05, 0.1) is 0 Å². The Morgan fingerprint density at radius 1 is 1.18 bits per heavy atom. The van der Waals surface area contributed by atoms with Crippen LogP contribution in [0.3, 0.4) is 0 Å². The van der Waals surface area contributed by atoms with Gasteiger partial charge in [-0.3, -0.25) is 4.79 Å². The Balaban J connectivity index is 0.00000144.